The fourth-order valence-corrected chi connectivity index (χ4v) is 1.64. The largest absolute Gasteiger partial charge is 0.369 e. The number of hydrogen-bond donors (Lipinski definition) is 3. The minimum absolute atomic E-state index is 0.0583. The van der Waals surface area contributed by atoms with Gasteiger partial charge in [-0.15, -0.1) is 0 Å². The van der Waals surface area contributed by atoms with E-state index >= 15 is 0 Å². The summed E-state index contributed by atoms with van der Waals surface area (Å²) in [6.45, 7) is 4.08. The number of amides is 1. The summed E-state index contributed by atoms with van der Waals surface area (Å²) in [5.74, 6) is 0.501. The van der Waals surface area contributed by atoms with E-state index in [4.69, 9.17) is 0 Å². The van der Waals surface area contributed by atoms with Crippen molar-refractivity contribution in [2.45, 2.75) is 13.8 Å². The van der Waals surface area contributed by atoms with Crippen LogP contribution in [-0.2, 0) is 4.79 Å². The number of carbonyl (C=O) groups excluding carboxylic acids is 1. The highest BCUT2D eigenvalue weighted by Gasteiger charge is 2.26. The predicted molar refractivity (Wildman–Crippen MR) is 69.9 cm³/mol. The van der Waals surface area contributed by atoms with Crippen LogP contribution in [0.25, 0.3) is 5.65 Å². The second-order valence-corrected chi connectivity index (χ2v) is 4.85. The van der Waals surface area contributed by atoms with Crippen LogP contribution in [0, 0.1) is 5.41 Å². The van der Waals surface area contributed by atoms with Crippen molar-refractivity contribution in [1.82, 2.24) is 24.9 Å². The normalized spacial score (nSPS) is 11.5. The Hall–Kier alpha value is -2.38. The highest BCUT2D eigenvalue weighted by atomic mass is 16.2. The number of aromatic amines is 1. The summed E-state index contributed by atoms with van der Waals surface area (Å²) in [5.41, 5.74) is -0.423. The summed E-state index contributed by atoms with van der Waals surface area (Å²) in [6, 6.07) is 1.64. The third-order valence-corrected chi connectivity index (χ3v) is 2.86. The Morgan fingerprint density at radius 3 is 2.95 bits per heavy atom. The molecule has 0 aliphatic rings. The van der Waals surface area contributed by atoms with Gasteiger partial charge in [0.2, 0.25) is 5.91 Å². The Morgan fingerprint density at radius 2 is 2.26 bits per heavy atom. The number of aromatic nitrogens is 4. The summed E-state index contributed by atoms with van der Waals surface area (Å²) in [6.07, 6.45) is 1.39. The topological polar surface area (TPSA) is 104 Å². The lowest BCUT2D eigenvalue weighted by atomic mass is 9.92. The van der Waals surface area contributed by atoms with Gasteiger partial charge in [-0.3, -0.25) is 4.79 Å². The number of anilines is 1. The molecule has 0 saturated heterocycles. The van der Waals surface area contributed by atoms with Crippen LogP contribution in [-0.4, -0.2) is 39.1 Å². The third-order valence-electron chi connectivity index (χ3n) is 2.86. The summed E-state index contributed by atoms with van der Waals surface area (Å²) < 4.78 is 1.30. The summed E-state index contributed by atoms with van der Waals surface area (Å²) >= 11 is 0. The van der Waals surface area contributed by atoms with E-state index < -0.39 is 5.41 Å². The van der Waals surface area contributed by atoms with Gasteiger partial charge in [0.25, 0.3) is 0 Å². The molecule has 3 N–H and O–H groups in total. The Bertz CT molecular complexity index is 656. The Balaban J connectivity index is 2.14. The first kappa shape index (κ1) is 13.1. The van der Waals surface area contributed by atoms with E-state index in [2.05, 4.69) is 25.8 Å². The van der Waals surface area contributed by atoms with Gasteiger partial charge in [0.1, 0.15) is 12.1 Å². The lowest BCUT2D eigenvalue weighted by Gasteiger charge is -2.23. The van der Waals surface area contributed by atoms with Crippen molar-refractivity contribution in [2.24, 2.45) is 5.41 Å². The van der Waals surface area contributed by atoms with Crippen LogP contribution in [0.4, 0.5) is 5.82 Å². The lowest BCUT2D eigenvalue weighted by molar-refractivity contribution is -0.128. The van der Waals surface area contributed by atoms with Crippen molar-refractivity contribution >= 4 is 17.4 Å². The number of fused-ring (bicyclic) bond motifs is 1. The summed E-state index contributed by atoms with van der Waals surface area (Å²) in [4.78, 5) is 27.0. The molecule has 0 radical (unpaired) electrons. The molecule has 0 aromatic carbocycles. The van der Waals surface area contributed by atoms with Crippen LogP contribution in [0.3, 0.4) is 0 Å². The molecule has 0 bridgehead atoms. The minimum atomic E-state index is -0.562. The average molecular weight is 264 g/mol. The Kier molecular flexibility index (Phi) is 3.24. The van der Waals surface area contributed by atoms with E-state index in [1.165, 1.54) is 10.7 Å². The van der Waals surface area contributed by atoms with Crippen LogP contribution in [0.5, 0.6) is 0 Å². The number of carbonyl (C=O) groups is 1. The van der Waals surface area contributed by atoms with Crippen LogP contribution in [0.1, 0.15) is 13.8 Å². The maximum absolute atomic E-state index is 11.6. The van der Waals surface area contributed by atoms with E-state index in [9.17, 15) is 9.59 Å². The van der Waals surface area contributed by atoms with Crippen molar-refractivity contribution in [3.63, 3.8) is 0 Å². The van der Waals surface area contributed by atoms with Crippen LogP contribution in [0.15, 0.2) is 17.2 Å². The molecule has 1 amide bonds. The first-order valence-electron chi connectivity index (χ1n) is 5.83. The smallest absolute Gasteiger partial charge is 0.348 e. The molecular formula is C11H16N6O2. The van der Waals surface area contributed by atoms with Gasteiger partial charge in [0.05, 0.1) is 5.41 Å². The second-order valence-electron chi connectivity index (χ2n) is 4.85. The Labute approximate surface area is 109 Å². The highest BCUT2D eigenvalue weighted by Crippen LogP contribution is 2.16. The van der Waals surface area contributed by atoms with Crippen molar-refractivity contribution < 1.29 is 4.79 Å². The first-order chi connectivity index (χ1) is 8.94. The van der Waals surface area contributed by atoms with E-state index in [-0.39, 0.29) is 11.6 Å². The summed E-state index contributed by atoms with van der Waals surface area (Å²) in [7, 11) is 1.60. The second kappa shape index (κ2) is 4.71. The zero-order valence-electron chi connectivity index (χ0n) is 11.0. The monoisotopic (exact) mass is 264 g/mol. The van der Waals surface area contributed by atoms with Gasteiger partial charge < -0.3 is 10.6 Å². The van der Waals surface area contributed by atoms with Crippen LogP contribution in [0.2, 0.25) is 0 Å². The predicted octanol–water partition coefficient (Wildman–Crippen LogP) is -0.398. The van der Waals surface area contributed by atoms with E-state index in [1.807, 2.05) is 13.8 Å². The van der Waals surface area contributed by atoms with Gasteiger partial charge in [0, 0.05) is 19.7 Å². The average Bonchev–Trinajstić information content (AvgIpc) is 2.77. The zero-order valence-corrected chi connectivity index (χ0v) is 11.0. The number of nitrogens with one attached hydrogen (secondary N) is 3. The van der Waals surface area contributed by atoms with Crippen molar-refractivity contribution in [1.29, 1.82) is 0 Å². The maximum Gasteiger partial charge on any atom is 0.348 e. The molecule has 8 heteroatoms. The maximum atomic E-state index is 11.6. The molecule has 2 rings (SSSR count). The molecule has 0 saturated carbocycles. The SMILES string of the molecule is CNC(=O)C(C)(C)CNc1cc2n[nH]c(=O)n2cn1. The molecule has 0 aliphatic carbocycles. The molecule has 2 heterocycles. The molecule has 0 atom stereocenters. The minimum Gasteiger partial charge on any atom is -0.369 e. The first-order valence-corrected chi connectivity index (χ1v) is 5.83. The van der Waals surface area contributed by atoms with Gasteiger partial charge in [-0.2, -0.15) is 5.10 Å². The molecule has 0 unspecified atom stereocenters. The number of rotatable bonds is 4. The molecule has 8 nitrogen and oxygen atoms in total. The molecule has 0 fully saturated rings. The number of H-pyrrole nitrogens is 1. The van der Waals surface area contributed by atoms with Crippen molar-refractivity contribution in [3.05, 3.63) is 22.9 Å². The van der Waals surface area contributed by atoms with Crippen LogP contribution < -0.4 is 16.3 Å². The standard InChI is InChI=1S/C11H16N6O2/c1-11(2,9(18)12-3)5-13-7-4-8-15-16-10(19)17(8)6-14-7/h4,6,13H,5H2,1-3H3,(H,12,18)(H,16,19). The van der Waals surface area contributed by atoms with Crippen molar-refractivity contribution in [3.8, 4) is 0 Å². The molecule has 0 aliphatic heterocycles. The molecular weight excluding hydrogens is 248 g/mol. The molecule has 2 aromatic rings. The van der Waals surface area contributed by atoms with Gasteiger partial charge in [0.15, 0.2) is 5.65 Å². The van der Waals surface area contributed by atoms with Crippen LogP contribution >= 0.6 is 0 Å². The van der Waals surface area contributed by atoms with E-state index in [1.54, 1.807) is 13.1 Å². The molecule has 0 spiro atoms. The van der Waals surface area contributed by atoms with E-state index in [0.29, 0.717) is 18.0 Å². The number of hydrogen-bond acceptors (Lipinski definition) is 5. The van der Waals surface area contributed by atoms with Gasteiger partial charge in [-0.25, -0.2) is 19.3 Å². The molecule has 102 valence electrons. The molecule has 19 heavy (non-hydrogen) atoms. The fraction of sp³-hybridized carbons (Fsp3) is 0.455. The quantitative estimate of drug-likeness (QED) is 0.697. The Morgan fingerprint density at radius 1 is 1.53 bits per heavy atom. The van der Waals surface area contributed by atoms with Gasteiger partial charge >= 0.3 is 5.69 Å². The van der Waals surface area contributed by atoms with Crippen molar-refractivity contribution in [2.75, 3.05) is 18.9 Å². The number of nitrogens with zero attached hydrogens (tertiary/aromatic N) is 3. The van der Waals surface area contributed by atoms with Gasteiger partial charge in [-0.05, 0) is 13.8 Å². The summed E-state index contributed by atoms with van der Waals surface area (Å²) in [5, 5.41) is 11.8. The third kappa shape index (κ3) is 2.56. The zero-order chi connectivity index (χ0) is 14.0. The van der Waals surface area contributed by atoms with E-state index in [0.717, 1.165) is 0 Å². The van der Waals surface area contributed by atoms with Gasteiger partial charge in [-0.1, -0.05) is 0 Å². The molecule has 2 aromatic heterocycles. The lowest BCUT2D eigenvalue weighted by Crippen LogP contribution is -2.39. The fourth-order valence-electron chi connectivity index (χ4n) is 1.64. The highest BCUT2D eigenvalue weighted by molar-refractivity contribution is 5.82.